The molecule has 0 aliphatic rings. The van der Waals surface area contributed by atoms with Gasteiger partial charge in [0.25, 0.3) is 0 Å². The van der Waals surface area contributed by atoms with Crippen molar-refractivity contribution in [2.24, 2.45) is 0 Å². The van der Waals surface area contributed by atoms with Gasteiger partial charge >= 0.3 is 0 Å². The lowest BCUT2D eigenvalue weighted by Gasteiger charge is -2.17. The number of nitrogens with one attached hydrogen (secondary N) is 1. The number of fused-ring (bicyclic) bond motifs is 1. The molecule has 2 aromatic rings. The molecule has 1 aromatic heterocycles. The van der Waals surface area contributed by atoms with Crippen molar-refractivity contribution in [3.63, 3.8) is 0 Å². The first-order chi connectivity index (χ1) is 9.85. The van der Waals surface area contributed by atoms with E-state index in [2.05, 4.69) is 40.1 Å². The second-order valence-corrected chi connectivity index (χ2v) is 4.90. The van der Waals surface area contributed by atoms with Gasteiger partial charge in [0.1, 0.15) is 0 Å². The number of aromatic nitrogens is 2. The van der Waals surface area contributed by atoms with Gasteiger partial charge in [-0.2, -0.15) is 0 Å². The summed E-state index contributed by atoms with van der Waals surface area (Å²) >= 11 is 0. The van der Waals surface area contributed by atoms with Crippen LogP contribution in [0.15, 0.2) is 30.6 Å². The Balaban J connectivity index is 1.81. The molecule has 0 saturated heterocycles. The Morgan fingerprint density at radius 2 is 1.90 bits per heavy atom. The zero-order valence-electron chi connectivity index (χ0n) is 12.5. The van der Waals surface area contributed by atoms with E-state index in [1.54, 1.807) is 12.4 Å². The van der Waals surface area contributed by atoms with Gasteiger partial charge in [-0.15, -0.1) is 0 Å². The average molecular weight is 272 g/mol. The molecule has 108 valence electrons. The largest absolute Gasteiger partial charge is 0.313 e. The van der Waals surface area contributed by atoms with Gasteiger partial charge in [-0.3, -0.25) is 9.97 Å². The lowest BCUT2D eigenvalue weighted by Crippen LogP contribution is -2.27. The van der Waals surface area contributed by atoms with Crippen molar-refractivity contribution in [2.45, 2.75) is 26.8 Å². The summed E-state index contributed by atoms with van der Waals surface area (Å²) in [5, 5.41) is 3.50. The molecule has 4 nitrogen and oxygen atoms in total. The maximum atomic E-state index is 4.42. The maximum absolute atomic E-state index is 4.42. The van der Waals surface area contributed by atoms with Crippen LogP contribution in [-0.4, -0.2) is 41.0 Å². The quantitative estimate of drug-likeness (QED) is 0.749. The lowest BCUT2D eigenvalue weighted by atomic mass is 10.1. The molecular formula is C16H24N4. The monoisotopic (exact) mass is 272 g/mol. The van der Waals surface area contributed by atoms with Gasteiger partial charge in [0, 0.05) is 18.9 Å². The van der Waals surface area contributed by atoms with Gasteiger partial charge < -0.3 is 10.2 Å². The Morgan fingerprint density at radius 1 is 1.10 bits per heavy atom. The van der Waals surface area contributed by atoms with Gasteiger partial charge in [0.2, 0.25) is 0 Å². The van der Waals surface area contributed by atoms with Crippen LogP contribution in [0.5, 0.6) is 0 Å². The fourth-order valence-electron chi connectivity index (χ4n) is 2.39. The van der Waals surface area contributed by atoms with Crippen LogP contribution in [0.3, 0.4) is 0 Å². The third-order valence-corrected chi connectivity index (χ3v) is 3.62. The van der Waals surface area contributed by atoms with Gasteiger partial charge in [0.05, 0.1) is 11.0 Å². The lowest BCUT2D eigenvalue weighted by molar-refractivity contribution is 0.298. The molecule has 2 rings (SSSR count). The Bertz CT molecular complexity index is 517. The van der Waals surface area contributed by atoms with E-state index in [9.17, 15) is 0 Å². The van der Waals surface area contributed by atoms with Crippen LogP contribution in [0.1, 0.15) is 25.8 Å². The van der Waals surface area contributed by atoms with Crippen molar-refractivity contribution in [3.05, 3.63) is 36.2 Å². The zero-order chi connectivity index (χ0) is 14.2. The van der Waals surface area contributed by atoms with Crippen LogP contribution >= 0.6 is 0 Å². The highest BCUT2D eigenvalue weighted by atomic mass is 15.1. The zero-order valence-corrected chi connectivity index (χ0v) is 12.5. The van der Waals surface area contributed by atoms with Crippen LogP contribution < -0.4 is 5.32 Å². The van der Waals surface area contributed by atoms with Crippen molar-refractivity contribution < 1.29 is 0 Å². The fraction of sp³-hybridized carbons (Fsp3) is 0.500. The standard InChI is InChI=1S/C16H24N4/c1-3-20(4-2)12-6-9-17-13-14-7-5-8-15-16(14)19-11-10-18-15/h5,7-8,10-11,17H,3-4,6,9,12-13H2,1-2H3. The SMILES string of the molecule is CCN(CC)CCCNCc1cccc2nccnc12. The maximum Gasteiger partial charge on any atom is 0.0931 e. The molecule has 4 heteroatoms. The third kappa shape index (κ3) is 3.99. The Kier molecular flexibility index (Phi) is 5.89. The van der Waals surface area contributed by atoms with E-state index in [4.69, 9.17) is 0 Å². The molecule has 1 heterocycles. The van der Waals surface area contributed by atoms with Crippen molar-refractivity contribution in [3.8, 4) is 0 Å². The molecule has 20 heavy (non-hydrogen) atoms. The molecule has 0 spiro atoms. The number of hydrogen-bond acceptors (Lipinski definition) is 4. The molecule has 0 aliphatic carbocycles. The number of benzene rings is 1. The molecule has 1 aromatic carbocycles. The van der Waals surface area contributed by atoms with E-state index < -0.39 is 0 Å². The second-order valence-electron chi connectivity index (χ2n) is 4.90. The highest BCUT2D eigenvalue weighted by molar-refractivity contribution is 5.77. The highest BCUT2D eigenvalue weighted by Gasteiger charge is 2.02. The van der Waals surface area contributed by atoms with Gasteiger partial charge in [-0.05, 0) is 44.2 Å². The molecule has 0 aliphatic heterocycles. The summed E-state index contributed by atoms with van der Waals surface area (Å²) in [6.45, 7) is 9.75. The van der Waals surface area contributed by atoms with Crippen molar-refractivity contribution in [1.82, 2.24) is 20.2 Å². The van der Waals surface area contributed by atoms with Crippen LogP contribution in [0.25, 0.3) is 11.0 Å². The van der Waals surface area contributed by atoms with E-state index in [1.165, 1.54) is 12.0 Å². The average Bonchev–Trinajstić information content (AvgIpc) is 2.51. The first-order valence-corrected chi connectivity index (χ1v) is 7.46. The predicted molar refractivity (Wildman–Crippen MR) is 83.6 cm³/mol. The smallest absolute Gasteiger partial charge is 0.0931 e. The van der Waals surface area contributed by atoms with Gasteiger partial charge in [-0.25, -0.2) is 0 Å². The van der Waals surface area contributed by atoms with E-state index in [1.807, 2.05) is 12.1 Å². The first-order valence-electron chi connectivity index (χ1n) is 7.46. The molecule has 0 bridgehead atoms. The second kappa shape index (κ2) is 7.92. The molecule has 0 atom stereocenters. The number of hydrogen-bond donors (Lipinski definition) is 1. The summed E-state index contributed by atoms with van der Waals surface area (Å²) < 4.78 is 0. The van der Waals surface area contributed by atoms with Crippen LogP contribution in [-0.2, 0) is 6.54 Å². The minimum absolute atomic E-state index is 0.855. The number of para-hydroxylation sites is 1. The summed E-state index contributed by atoms with van der Waals surface area (Å²) in [5.74, 6) is 0. The number of rotatable bonds is 8. The molecule has 0 fully saturated rings. The Labute approximate surface area is 121 Å². The van der Waals surface area contributed by atoms with E-state index in [0.29, 0.717) is 0 Å². The van der Waals surface area contributed by atoms with Crippen molar-refractivity contribution >= 4 is 11.0 Å². The summed E-state index contributed by atoms with van der Waals surface area (Å²) in [6, 6.07) is 6.17. The van der Waals surface area contributed by atoms with Crippen LogP contribution in [0.4, 0.5) is 0 Å². The first kappa shape index (κ1) is 14.9. The van der Waals surface area contributed by atoms with Crippen LogP contribution in [0.2, 0.25) is 0 Å². The normalized spacial score (nSPS) is 11.3. The molecule has 0 unspecified atom stereocenters. The van der Waals surface area contributed by atoms with E-state index in [0.717, 1.165) is 43.8 Å². The van der Waals surface area contributed by atoms with E-state index in [-0.39, 0.29) is 0 Å². The Morgan fingerprint density at radius 3 is 2.70 bits per heavy atom. The van der Waals surface area contributed by atoms with Gasteiger partial charge in [-0.1, -0.05) is 26.0 Å². The minimum Gasteiger partial charge on any atom is -0.313 e. The summed E-state index contributed by atoms with van der Waals surface area (Å²) in [6.07, 6.45) is 4.67. The summed E-state index contributed by atoms with van der Waals surface area (Å²) in [7, 11) is 0. The molecular weight excluding hydrogens is 248 g/mol. The van der Waals surface area contributed by atoms with Crippen molar-refractivity contribution in [2.75, 3.05) is 26.2 Å². The van der Waals surface area contributed by atoms with Crippen LogP contribution in [0, 0.1) is 0 Å². The predicted octanol–water partition coefficient (Wildman–Crippen LogP) is 2.45. The summed E-state index contributed by atoms with van der Waals surface area (Å²) in [5.41, 5.74) is 3.19. The molecule has 0 amide bonds. The number of nitrogens with zero attached hydrogens (tertiary/aromatic N) is 3. The third-order valence-electron chi connectivity index (χ3n) is 3.62. The molecule has 0 radical (unpaired) electrons. The summed E-state index contributed by atoms with van der Waals surface area (Å²) in [4.78, 5) is 11.2. The van der Waals surface area contributed by atoms with Gasteiger partial charge in [0.15, 0.2) is 0 Å². The Hall–Kier alpha value is -1.52. The topological polar surface area (TPSA) is 41.0 Å². The fourth-order valence-corrected chi connectivity index (χ4v) is 2.39. The molecule has 1 N–H and O–H groups in total. The highest BCUT2D eigenvalue weighted by Crippen LogP contribution is 2.13. The minimum atomic E-state index is 0.855. The van der Waals surface area contributed by atoms with Crippen molar-refractivity contribution in [1.29, 1.82) is 0 Å². The van der Waals surface area contributed by atoms with E-state index >= 15 is 0 Å². The molecule has 0 saturated carbocycles.